The molecule has 0 aliphatic carbocycles. The van der Waals surface area contributed by atoms with Crippen molar-refractivity contribution in [2.75, 3.05) is 13.7 Å². The monoisotopic (exact) mass is 284 g/mol. The topological polar surface area (TPSA) is 38.7 Å². The van der Waals surface area contributed by atoms with Crippen LogP contribution in [0.2, 0.25) is 0 Å². The van der Waals surface area contributed by atoms with Gasteiger partial charge in [-0.05, 0) is 43.5 Å². The van der Waals surface area contributed by atoms with Crippen molar-refractivity contribution in [2.45, 2.75) is 26.2 Å². The van der Waals surface area contributed by atoms with E-state index in [4.69, 9.17) is 9.47 Å². The lowest BCUT2D eigenvalue weighted by Crippen LogP contribution is -2.16. The maximum Gasteiger partial charge on any atom is 0.129 e. The molecule has 0 saturated heterocycles. The molecule has 3 nitrogen and oxygen atoms in total. The zero-order valence-electron chi connectivity index (χ0n) is 12.6. The van der Waals surface area contributed by atoms with Gasteiger partial charge in [0.15, 0.2) is 0 Å². The second-order valence-corrected chi connectivity index (χ2v) is 5.55. The van der Waals surface area contributed by atoms with Gasteiger partial charge in [-0.15, -0.1) is 0 Å². The number of fused-ring (bicyclic) bond motifs is 1. The minimum Gasteiger partial charge on any atom is -0.508 e. The quantitative estimate of drug-likeness (QED) is 0.908. The average molecular weight is 284 g/mol. The van der Waals surface area contributed by atoms with Gasteiger partial charge < -0.3 is 14.6 Å². The molecule has 0 bridgehead atoms. The van der Waals surface area contributed by atoms with Crippen LogP contribution in [0.5, 0.6) is 17.2 Å². The molecule has 110 valence electrons. The molecule has 1 heterocycles. The van der Waals surface area contributed by atoms with E-state index < -0.39 is 0 Å². The minimum atomic E-state index is 0.292. The smallest absolute Gasteiger partial charge is 0.129 e. The van der Waals surface area contributed by atoms with E-state index in [2.05, 4.69) is 19.1 Å². The third kappa shape index (κ3) is 2.33. The molecule has 1 aliphatic rings. The van der Waals surface area contributed by atoms with Gasteiger partial charge in [0.1, 0.15) is 17.2 Å². The molecule has 0 amide bonds. The van der Waals surface area contributed by atoms with Crippen LogP contribution in [0.15, 0.2) is 30.3 Å². The predicted octanol–water partition coefficient (Wildman–Crippen LogP) is 3.93. The summed E-state index contributed by atoms with van der Waals surface area (Å²) in [5.74, 6) is 2.34. The molecule has 3 heteroatoms. The lowest BCUT2D eigenvalue weighted by Gasteiger charge is -2.28. The zero-order valence-corrected chi connectivity index (χ0v) is 12.6. The van der Waals surface area contributed by atoms with Gasteiger partial charge in [-0.1, -0.05) is 18.2 Å². The third-order valence-corrected chi connectivity index (χ3v) is 4.26. The maximum atomic E-state index is 9.85. The number of aromatic hydroxyl groups is 1. The lowest BCUT2D eigenvalue weighted by molar-refractivity contribution is 0.273. The van der Waals surface area contributed by atoms with Crippen LogP contribution in [0.4, 0.5) is 0 Å². The molecular weight excluding hydrogens is 264 g/mol. The number of rotatable bonds is 2. The van der Waals surface area contributed by atoms with Crippen molar-refractivity contribution in [3.8, 4) is 17.2 Å². The molecule has 0 spiro atoms. The highest BCUT2D eigenvalue weighted by atomic mass is 16.5. The number of methoxy groups -OCH3 is 1. The van der Waals surface area contributed by atoms with Crippen molar-refractivity contribution in [1.82, 2.24) is 0 Å². The number of ether oxygens (including phenoxy) is 2. The van der Waals surface area contributed by atoms with Crippen molar-refractivity contribution in [1.29, 1.82) is 0 Å². The summed E-state index contributed by atoms with van der Waals surface area (Å²) in [5.41, 5.74) is 4.38. The molecular formula is C18H20O3. The van der Waals surface area contributed by atoms with Crippen LogP contribution in [0.1, 0.15) is 34.6 Å². The molecule has 0 aromatic heterocycles. The fourth-order valence-electron chi connectivity index (χ4n) is 3.07. The van der Waals surface area contributed by atoms with Crippen LogP contribution in [-0.2, 0) is 0 Å². The molecule has 1 N–H and O–H groups in total. The third-order valence-electron chi connectivity index (χ3n) is 4.26. The molecule has 2 aromatic carbocycles. The van der Waals surface area contributed by atoms with Gasteiger partial charge in [0.25, 0.3) is 0 Å². The standard InChI is InChI=1S/C18H20O3/c1-11-10-13(4-7-17(11)20-3)14-8-9-21-18-12(2)16(19)6-5-15(14)18/h4-7,10,14,19H,8-9H2,1-3H3. The minimum absolute atomic E-state index is 0.292. The van der Waals surface area contributed by atoms with Gasteiger partial charge in [-0.3, -0.25) is 0 Å². The Balaban J connectivity index is 2.06. The normalized spacial score (nSPS) is 17.0. The van der Waals surface area contributed by atoms with Crippen LogP contribution in [0.25, 0.3) is 0 Å². The molecule has 0 fully saturated rings. The molecule has 0 radical (unpaired) electrons. The highest BCUT2D eigenvalue weighted by molar-refractivity contribution is 5.54. The predicted molar refractivity (Wildman–Crippen MR) is 82.5 cm³/mol. The largest absolute Gasteiger partial charge is 0.508 e. The maximum absolute atomic E-state index is 9.85. The van der Waals surface area contributed by atoms with Crippen LogP contribution in [0.3, 0.4) is 0 Å². The molecule has 1 aliphatic heterocycles. The molecule has 1 unspecified atom stereocenters. The molecule has 2 aromatic rings. The van der Waals surface area contributed by atoms with E-state index in [1.165, 1.54) is 5.56 Å². The summed E-state index contributed by atoms with van der Waals surface area (Å²) < 4.78 is 11.1. The average Bonchev–Trinajstić information content (AvgIpc) is 2.50. The highest BCUT2D eigenvalue weighted by Crippen LogP contribution is 2.43. The molecule has 0 saturated carbocycles. The van der Waals surface area contributed by atoms with E-state index in [0.717, 1.165) is 34.6 Å². The van der Waals surface area contributed by atoms with Crippen molar-refractivity contribution >= 4 is 0 Å². The van der Waals surface area contributed by atoms with Crippen LogP contribution >= 0.6 is 0 Å². The summed E-state index contributed by atoms with van der Waals surface area (Å²) in [6.45, 7) is 4.63. The first-order chi connectivity index (χ1) is 10.1. The van der Waals surface area contributed by atoms with Gasteiger partial charge in [-0.25, -0.2) is 0 Å². The first-order valence-corrected chi connectivity index (χ1v) is 7.21. The fraction of sp³-hybridized carbons (Fsp3) is 0.333. The van der Waals surface area contributed by atoms with E-state index in [1.54, 1.807) is 13.2 Å². The van der Waals surface area contributed by atoms with E-state index in [-0.39, 0.29) is 0 Å². The second kappa shape index (κ2) is 5.32. The Bertz CT molecular complexity index is 676. The van der Waals surface area contributed by atoms with Crippen molar-refractivity contribution in [3.05, 3.63) is 52.6 Å². The Morgan fingerprint density at radius 1 is 1.19 bits per heavy atom. The Hall–Kier alpha value is -2.16. The van der Waals surface area contributed by atoms with Gasteiger partial charge >= 0.3 is 0 Å². The summed E-state index contributed by atoms with van der Waals surface area (Å²) in [7, 11) is 1.69. The Kier molecular flexibility index (Phi) is 3.50. The lowest BCUT2D eigenvalue weighted by atomic mass is 9.85. The van der Waals surface area contributed by atoms with Gasteiger partial charge in [0.05, 0.1) is 13.7 Å². The van der Waals surface area contributed by atoms with E-state index in [1.807, 2.05) is 19.1 Å². The molecule has 21 heavy (non-hydrogen) atoms. The highest BCUT2D eigenvalue weighted by Gasteiger charge is 2.25. The molecule has 1 atom stereocenters. The van der Waals surface area contributed by atoms with Gasteiger partial charge in [0, 0.05) is 17.0 Å². The summed E-state index contributed by atoms with van der Waals surface area (Å²) in [6.07, 6.45) is 0.947. The van der Waals surface area contributed by atoms with Crippen molar-refractivity contribution in [3.63, 3.8) is 0 Å². The van der Waals surface area contributed by atoms with Crippen LogP contribution in [0, 0.1) is 13.8 Å². The van der Waals surface area contributed by atoms with Crippen LogP contribution < -0.4 is 9.47 Å². The zero-order chi connectivity index (χ0) is 15.0. The Morgan fingerprint density at radius 2 is 2.00 bits per heavy atom. The number of hydrogen-bond donors (Lipinski definition) is 1. The van der Waals surface area contributed by atoms with Crippen molar-refractivity contribution < 1.29 is 14.6 Å². The summed E-state index contributed by atoms with van der Waals surface area (Å²) in [6, 6.07) is 10.1. The van der Waals surface area contributed by atoms with E-state index in [9.17, 15) is 5.11 Å². The number of aryl methyl sites for hydroxylation is 1. The Labute approximate surface area is 125 Å². The summed E-state index contributed by atoms with van der Waals surface area (Å²) in [4.78, 5) is 0. The number of benzene rings is 2. The first kappa shape index (κ1) is 13.8. The van der Waals surface area contributed by atoms with Gasteiger partial charge in [-0.2, -0.15) is 0 Å². The van der Waals surface area contributed by atoms with Crippen molar-refractivity contribution in [2.24, 2.45) is 0 Å². The SMILES string of the molecule is COc1ccc(C2CCOc3c2ccc(O)c3C)cc1C. The Morgan fingerprint density at radius 3 is 2.71 bits per heavy atom. The summed E-state index contributed by atoms with van der Waals surface area (Å²) in [5, 5.41) is 9.85. The first-order valence-electron chi connectivity index (χ1n) is 7.21. The van der Waals surface area contributed by atoms with E-state index in [0.29, 0.717) is 18.3 Å². The summed E-state index contributed by atoms with van der Waals surface area (Å²) >= 11 is 0. The second-order valence-electron chi connectivity index (χ2n) is 5.55. The molecule has 3 rings (SSSR count). The fourth-order valence-corrected chi connectivity index (χ4v) is 3.07. The number of phenols is 1. The number of hydrogen-bond acceptors (Lipinski definition) is 3. The van der Waals surface area contributed by atoms with Gasteiger partial charge in [0.2, 0.25) is 0 Å². The van der Waals surface area contributed by atoms with Crippen LogP contribution in [-0.4, -0.2) is 18.8 Å². The number of phenolic OH excluding ortho intramolecular Hbond substituents is 1. The van der Waals surface area contributed by atoms with E-state index >= 15 is 0 Å².